The van der Waals surface area contributed by atoms with E-state index < -0.39 is 11.7 Å². The van der Waals surface area contributed by atoms with Gasteiger partial charge in [0.1, 0.15) is 5.82 Å². The molecule has 13 heteroatoms. The largest absolute Gasteiger partial charge is 0.379 e. The van der Waals surface area contributed by atoms with Crippen LogP contribution in [0.1, 0.15) is 55.4 Å². The monoisotopic (exact) mass is 552 g/mol. The number of urea groups is 1. The van der Waals surface area contributed by atoms with Crippen LogP contribution in [0.5, 0.6) is 0 Å². The lowest BCUT2D eigenvalue weighted by Gasteiger charge is -2.30. The molecule has 3 heterocycles. The van der Waals surface area contributed by atoms with Crippen LogP contribution in [0.2, 0.25) is 0 Å². The molecule has 2 aliphatic rings. The van der Waals surface area contributed by atoms with Crippen LogP contribution in [-0.4, -0.2) is 81.7 Å². The van der Waals surface area contributed by atoms with Crippen LogP contribution in [0.4, 0.5) is 26.4 Å². The molecule has 2 aliphatic carbocycles. The molecular weight excluding hydrogens is 515 g/mol. The average molecular weight is 553 g/mol. The molecule has 3 aromatic heterocycles. The predicted molar refractivity (Wildman–Crippen MR) is 151 cm³/mol. The molecule has 2 saturated carbocycles. The van der Waals surface area contributed by atoms with Gasteiger partial charge in [-0.1, -0.05) is 0 Å². The third-order valence-electron chi connectivity index (χ3n) is 7.14. The number of hydrogen-bond acceptors (Lipinski definition) is 8. The summed E-state index contributed by atoms with van der Waals surface area (Å²) in [5.41, 5.74) is 1.55. The van der Waals surface area contributed by atoms with Crippen molar-refractivity contribution in [3.8, 4) is 0 Å². The molecule has 40 heavy (non-hydrogen) atoms. The number of amides is 3. The van der Waals surface area contributed by atoms with Crippen molar-refractivity contribution in [2.45, 2.75) is 63.1 Å². The van der Waals surface area contributed by atoms with Crippen molar-refractivity contribution in [2.24, 2.45) is 0 Å². The Morgan fingerprint density at radius 2 is 1.75 bits per heavy atom. The summed E-state index contributed by atoms with van der Waals surface area (Å²) in [6, 6.07) is 3.89. The molecule has 0 atom stereocenters. The topological polar surface area (TPSA) is 141 Å². The quantitative estimate of drug-likeness (QED) is 0.229. The van der Waals surface area contributed by atoms with Gasteiger partial charge < -0.3 is 31.5 Å². The zero-order valence-electron chi connectivity index (χ0n) is 22.9. The van der Waals surface area contributed by atoms with Crippen LogP contribution in [-0.2, 0) is 0 Å². The number of carbonyl (C=O) groups excluding carboxylic acids is 2. The lowest BCUT2D eigenvalue weighted by Crippen LogP contribution is -2.45. The van der Waals surface area contributed by atoms with Gasteiger partial charge in [-0.25, -0.2) is 18.7 Å². The minimum atomic E-state index is -0.622. The third kappa shape index (κ3) is 7.14. The van der Waals surface area contributed by atoms with E-state index in [1.54, 1.807) is 0 Å². The van der Waals surface area contributed by atoms with Gasteiger partial charge in [0.05, 0.1) is 23.8 Å². The lowest BCUT2D eigenvalue weighted by molar-refractivity contribution is 0.102. The number of nitrogens with zero attached hydrogens (tertiary/aromatic N) is 5. The van der Waals surface area contributed by atoms with Crippen molar-refractivity contribution >= 4 is 34.8 Å². The highest BCUT2D eigenvalue weighted by molar-refractivity contribution is 6.03. The number of pyridine rings is 1. The van der Waals surface area contributed by atoms with Crippen molar-refractivity contribution in [3.63, 3.8) is 0 Å². The molecule has 3 aromatic rings. The summed E-state index contributed by atoms with van der Waals surface area (Å²) in [5.74, 6) is -0.526. The van der Waals surface area contributed by atoms with Gasteiger partial charge in [0.15, 0.2) is 17.2 Å². The Kier molecular flexibility index (Phi) is 8.58. The summed E-state index contributed by atoms with van der Waals surface area (Å²) < 4.78 is 15.6. The molecule has 0 bridgehead atoms. The summed E-state index contributed by atoms with van der Waals surface area (Å²) in [7, 11) is 4.03. The van der Waals surface area contributed by atoms with Gasteiger partial charge in [0.25, 0.3) is 5.91 Å². The Morgan fingerprint density at radius 3 is 2.48 bits per heavy atom. The van der Waals surface area contributed by atoms with Gasteiger partial charge in [0.2, 0.25) is 0 Å². The normalized spacial score (nSPS) is 18.9. The Bertz CT molecular complexity index is 1330. The summed E-state index contributed by atoms with van der Waals surface area (Å²) in [6.45, 7) is 1.58. The van der Waals surface area contributed by atoms with Gasteiger partial charge >= 0.3 is 6.03 Å². The zero-order valence-corrected chi connectivity index (χ0v) is 22.9. The highest BCUT2D eigenvalue weighted by atomic mass is 19.1. The lowest BCUT2D eigenvalue weighted by atomic mass is 9.91. The number of rotatable bonds is 11. The van der Waals surface area contributed by atoms with E-state index in [1.807, 2.05) is 20.2 Å². The first-order valence-electron chi connectivity index (χ1n) is 13.9. The first-order chi connectivity index (χ1) is 19.4. The third-order valence-corrected chi connectivity index (χ3v) is 7.14. The fourth-order valence-corrected chi connectivity index (χ4v) is 4.84. The second kappa shape index (κ2) is 12.5. The summed E-state index contributed by atoms with van der Waals surface area (Å²) in [4.78, 5) is 35.5. The van der Waals surface area contributed by atoms with Crippen molar-refractivity contribution in [1.29, 1.82) is 0 Å². The first kappa shape index (κ1) is 27.6. The second-order valence-corrected chi connectivity index (χ2v) is 10.8. The van der Waals surface area contributed by atoms with E-state index in [2.05, 4.69) is 46.6 Å². The number of fused-ring (bicyclic) bond motifs is 1. The second-order valence-electron chi connectivity index (χ2n) is 10.8. The highest BCUT2D eigenvalue weighted by Gasteiger charge is 2.26. The Labute approximate surface area is 232 Å². The van der Waals surface area contributed by atoms with Crippen LogP contribution < -0.4 is 26.6 Å². The fourth-order valence-electron chi connectivity index (χ4n) is 4.84. The molecule has 0 aliphatic heterocycles. The number of halogens is 1. The molecule has 214 valence electrons. The number of aromatic nitrogens is 4. The molecule has 12 nitrogen and oxygen atoms in total. The van der Waals surface area contributed by atoms with Gasteiger partial charge in [-0.2, -0.15) is 0 Å². The minimum Gasteiger partial charge on any atom is -0.379 e. The molecule has 0 radical (unpaired) electrons. The number of hydrogen-bond donors (Lipinski definition) is 5. The van der Waals surface area contributed by atoms with Gasteiger partial charge in [0, 0.05) is 36.9 Å². The van der Waals surface area contributed by atoms with E-state index in [0.717, 1.165) is 63.4 Å². The van der Waals surface area contributed by atoms with E-state index in [9.17, 15) is 14.0 Å². The Hall–Kier alpha value is -4.00. The molecule has 2 fully saturated rings. The van der Waals surface area contributed by atoms with Gasteiger partial charge in [-0.05, 0) is 71.7 Å². The molecule has 0 aromatic carbocycles. The maximum atomic E-state index is 14.1. The molecule has 0 spiro atoms. The number of carbonyl (C=O) groups is 2. The fraction of sp³-hybridized carbons (Fsp3) is 0.519. The maximum absolute atomic E-state index is 14.1. The zero-order chi connectivity index (χ0) is 28.1. The predicted octanol–water partition coefficient (Wildman–Crippen LogP) is 3.06. The standard InChI is InChI=1S/C27H37FN10O2/c1-37(2)13-3-11-30-27(40)34-19-8-6-18(7-9-19)33-24-14-22(32-17-4-5-17)25-31-16-23(38(25)36-24)26(39)35-21-10-12-29-15-20(21)28/h10,12,14-19,32H,3-9,11,13H2,1-2H3,(H,33,36)(H,29,35,39)(H2,30,34,40)/t18-,19-. The van der Waals surface area contributed by atoms with Crippen molar-refractivity contribution in [2.75, 3.05) is 43.1 Å². The molecule has 0 unspecified atom stereocenters. The van der Waals surface area contributed by atoms with Crippen LogP contribution in [0.3, 0.4) is 0 Å². The molecule has 3 amide bonds. The summed E-state index contributed by atoms with van der Waals surface area (Å²) >= 11 is 0. The molecule has 5 rings (SSSR count). The van der Waals surface area contributed by atoms with Crippen LogP contribution in [0, 0.1) is 5.82 Å². The maximum Gasteiger partial charge on any atom is 0.315 e. The van der Waals surface area contributed by atoms with E-state index in [-0.39, 0.29) is 29.5 Å². The van der Waals surface area contributed by atoms with Crippen LogP contribution >= 0.6 is 0 Å². The van der Waals surface area contributed by atoms with Crippen molar-refractivity contribution in [1.82, 2.24) is 35.1 Å². The molecular formula is C27H37FN10O2. The van der Waals surface area contributed by atoms with Crippen molar-refractivity contribution < 1.29 is 14.0 Å². The van der Waals surface area contributed by atoms with Gasteiger partial charge in [-0.15, -0.1) is 5.10 Å². The SMILES string of the molecule is CN(C)CCCNC(=O)N[C@H]1CC[C@H](Nc2cc(NC3CC3)c3ncc(C(=O)Nc4ccncc4F)n3n2)CC1. The van der Waals surface area contributed by atoms with E-state index in [4.69, 9.17) is 0 Å². The minimum absolute atomic E-state index is 0.0353. The summed E-state index contributed by atoms with van der Waals surface area (Å²) in [5, 5.41) is 20.3. The Balaban J connectivity index is 1.22. The van der Waals surface area contributed by atoms with Crippen molar-refractivity contribution in [3.05, 3.63) is 42.2 Å². The number of nitrogens with one attached hydrogen (secondary N) is 5. The van der Waals surface area contributed by atoms with Gasteiger partial charge in [-0.3, -0.25) is 9.78 Å². The van der Waals surface area contributed by atoms with Crippen LogP contribution in [0.15, 0.2) is 30.7 Å². The molecule has 0 saturated heterocycles. The van der Waals surface area contributed by atoms with E-state index in [0.29, 0.717) is 24.1 Å². The molecule has 5 N–H and O–H groups in total. The van der Waals surface area contributed by atoms with Crippen LogP contribution in [0.25, 0.3) is 5.65 Å². The highest BCUT2D eigenvalue weighted by Crippen LogP contribution is 2.30. The van der Waals surface area contributed by atoms with E-state index in [1.165, 1.54) is 23.0 Å². The summed E-state index contributed by atoms with van der Waals surface area (Å²) in [6.07, 6.45) is 10.4. The average Bonchev–Trinajstić information content (AvgIpc) is 3.64. The van der Waals surface area contributed by atoms with E-state index >= 15 is 0 Å². The smallest absolute Gasteiger partial charge is 0.315 e. The Morgan fingerprint density at radius 1 is 1.02 bits per heavy atom. The number of anilines is 3. The first-order valence-corrected chi connectivity index (χ1v) is 13.9. The number of imidazole rings is 1.